The lowest BCUT2D eigenvalue weighted by molar-refractivity contribution is -0.136. The zero-order valence-electron chi connectivity index (χ0n) is 15.9. The molecule has 0 fully saturated rings. The fourth-order valence-electron chi connectivity index (χ4n) is 2.89. The molecule has 0 bridgehead atoms. The molecule has 3 aromatic carbocycles. The molecule has 0 amide bonds. The van der Waals surface area contributed by atoms with Crippen LogP contribution in [0.25, 0.3) is 0 Å². The number of halogens is 1. The standard InChI is InChI=1S/C22H18BrNO5S/c1-14-5-11-18(12-6-14)30(28,29)24-21-16(13-20(25)26)3-2-4-19(21)22(27)15-7-9-17(23)10-8-15/h2-12,24H,13H2,1H3,(H,25,26). The number of carboxylic acids is 1. The van der Waals surface area contributed by atoms with Crippen molar-refractivity contribution in [3.05, 3.63) is 93.5 Å². The van der Waals surface area contributed by atoms with E-state index in [4.69, 9.17) is 0 Å². The summed E-state index contributed by atoms with van der Waals surface area (Å²) in [4.78, 5) is 24.4. The van der Waals surface area contributed by atoms with Gasteiger partial charge in [-0.3, -0.25) is 14.3 Å². The molecule has 0 saturated carbocycles. The summed E-state index contributed by atoms with van der Waals surface area (Å²) in [5.41, 5.74) is 1.48. The quantitative estimate of drug-likeness (QED) is 0.480. The van der Waals surface area contributed by atoms with Crippen LogP contribution in [0, 0.1) is 6.92 Å². The summed E-state index contributed by atoms with van der Waals surface area (Å²) >= 11 is 3.31. The van der Waals surface area contributed by atoms with Crippen molar-refractivity contribution in [3.63, 3.8) is 0 Å². The lowest BCUT2D eigenvalue weighted by Crippen LogP contribution is -2.18. The number of para-hydroxylation sites is 1. The number of hydrogen-bond acceptors (Lipinski definition) is 4. The van der Waals surface area contributed by atoms with E-state index in [1.165, 1.54) is 30.3 Å². The molecule has 0 aliphatic rings. The maximum Gasteiger partial charge on any atom is 0.307 e. The van der Waals surface area contributed by atoms with Crippen molar-refractivity contribution in [2.75, 3.05) is 4.72 Å². The maximum absolute atomic E-state index is 13.1. The summed E-state index contributed by atoms with van der Waals surface area (Å²) < 4.78 is 29.1. The lowest BCUT2D eigenvalue weighted by atomic mass is 9.98. The van der Waals surface area contributed by atoms with Crippen molar-refractivity contribution >= 4 is 43.4 Å². The molecule has 0 radical (unpaired) electrons. The third kappa shape index (κ3) is 4.95. The first kappa shape index (κ1) is 21.7. The summed E-state index contributed by atoms with van der Waals surface area (Å²) in [5, 5.41) is 9.25. The molecule has 0 heterocycles. The minimum absolute atomic E-state index is 0.0141. The van der Waals surface area contributed by atoms with Gasteiger partial charge in [-0.05, 0) is 55.0 Å². The second-order valence-electron chi connectivity index (χ2n) is 6.66. The summed E-state index contributed by atoms with van der Waals surface area (Å²) in [6.45, 7) is 1.83. The Morgan fingerprint density at radius 2 is 1.60 bits per heavy atom. The predicted molar refractivity (Wildman–Crippen MR) is 117 cm³/mol. The minimum atomic E-state index is -4.04. The Bertz CT molecular complexity index is 1200. The first-order valence-electron chi connectivity index (χ1n) is 8.91. The number of sulfonamides is 1. The molecule has 3 rings (SSSR count). The fourth-order valence-corrected chi connectivity index (χ4v) is 4.27. The Labute approximate surface area is 182 Å². The van der Waals surface area contributed by atoms with Gasteiger partial charge < -0.3 is 5.11 Å². The van der Waals surface area contributed by atoms with Crippen LogP contribution >= 0.6 is 15.9 Å². The van der Waals surface area contributed by atoms with E-state index in [0.717, 1.165) is 10.0 Å². The third-order valence-corrected chi connectivity index (χ3v) is 6.31. The number of aryl methyl sites for hydroxylation is 1. The highest BCUT2D eigenvalue weighted by Crippen LogP contribution is 2.28. The predicted octanol–water partition coefficient (Wildman–Crippen LogP) is 4.42. The van der Waals surface area contributed by atoms with Crippen molar-refractivity contribution in [2.24, 2.45) is 0 Å². The summed E-state index contributed by atoms with van der Waals surface area (Å²) in [5.74, 6) is -1.56. The number of rotatable bonds is 7. The number of ketones is 1. The van der Waals surface area contributed by atoms with Gasteiger partial charge in [0, 0.05) is 15.6 Å². The molecule has 0 aliphatic carbocycles. The normalized spacial score (nSPS) is 11.1. The Morgan fingerprint density at radius 3 is 2.20 bits per heavy atom. The molecule has 154 valence electrons. The molecule has 8 heteroatoms. The second-order valence-corrected chi connectivity index (χ2v) is 9.26. The average molecular weight is 488 g/mol. The lowest BCUT2D eigenvalue weighted by Gasteiger charge is -2.16. The first-order valence-corrected chi connectivity index (χ1v) is 11.2. The number of carbonyl (C=O) groups is 2. The van der Waals surface area contributed by atoms with E-state index in [9.17, 15) is 23.1 Å². The van der Waals surface area contributed by atoms with Gasteiger partial charge in [-0.15, -0.1) is 0 Å². The zero-order chi connectivity index (χ0) is 21.9. The topological polar surface area (TPSA) is 101 Å². The largest absolute Gasteiger partial charge is 0.481 e. The van der Waals surface area contributed by atoms with Crippen LogP contribution in [0.2, 0.25) is 0 Å². The average Bonchev–Trinajstić information content (AvgIpc) is 2.69. The van der Waals surface area contributed by atoms with Gasteiger partial charge >= 0.3 is 5.97 Å². The van der Waals surface area contributed by atoms with Crippen molar-refractivity contribution in [1.29, 1.82) is 0 Å². The number of benzene rings is 3. The molecule has 0 atom stereocenters. The highest BCUT2D eigenvalue weighted by atomic mass is 79.9. The Balaban J connectivity index is 2.10. The van der Waals surface area contributed by atoms with Gasteiger partial charge in [0.1, 0.15) is 0 Å². The van der Waals surface area contributed by atoms with Crippen LogP contribution in [0.1, 0.15) is 27.0 Å². The smallest absolute Gasteiger partial charge is 0.307 e. The van der Waals surface area contributed by atoms with Gasteiger partial charge in [0.15, 0.2) is 5.78 Å². The Morgan fingerprint density at radius 1 is 0.967 bits per heavy atom. The van der Waals surface area contributed by atoms with E-state index in [1.807, 2.05) is 6.92 Å². The van der Waals surface area contributed by atoms with Crippen LogP contribution in [0.15, 0.2) is 76.1 Å². The summed E-state index contributed by atoms with van der Waals surface area (Å²) in [6, 6.07) is 17.3. The SMILES string of the molecule is Cc1ccc(S(=O)(=O)Nc2c(CC(=O)O)cccc2C(=O)c2ccc(Br)cc2)cc1. The van der Waals surface area contributed by atoms with Crippen LogP contribution in [-0.2, 0) is 21.2 Å². The van der Waals surface area contributed by atoms with Gasteiger partial charge in [0.2, 0.25) is 0 Å². The molecular weight excluding hydrogens is 470 g/mol. The molecule has 3 aromatic rings. The molecule has 0 spiro atoms. The van der Waals surface area contributed by atoms with Crippen LogP contribution in [0.3, 0.4) is 0 Å². The Kier molecular flexibility index (Phi) is 6.38. The van der Waals surface area contributed by atoms with E-state index in [-0.39, 0.29) is 21.7 Å². The van der Waals surface area contributed by atoms with Crippen molar-refractivity contribution < 1.29 is 23.1 Å². The molecule has 30 heavy (non-hydrogen) atoms. The molecule has 0 aliphatic heterocycles. The first-order chi connectivity index (χ1) is 14.2. The molecule has 6 nitrogen and oxygen atoms in total. The van der Waals surface area contributed by atoms with Crippen LogP contribution in [0.5, 0.6) is 0 Å². The molecule has 0 unspecified atom stereocenters. The van der Waals surface area contributed by atoms with E-state index in [2.05, 4.69) is 20.7 Å². The molecular formula is C22H18BrNO5S. The Hall–Kier alpha value is -2.97. The van der Waals surface area contributed by atoms with Gasteiger partial charge in [-0.25, -0.2) is 8.42 Å². The zero-order valence-corrected chi connectivity index (χ0v) is 18.3. The molecule has 0 aromatic heterocycles. The highest BCUT2D eigenvalue weighted by molar-refractivity contribution is 9.10. The number of aliphatic carboxylic acids is 1. The maximum atomic E-state index is 13.1. The minimum Gasteiger partial charge on any atom is -0.481 e. The van der Waals surface area contributed by atoms with Gasteiger partial charge in [-0.2, -0.15) is 0 Å². The van der Waals surface area contributed by atoms with Crippen LogP contribution in [-0.4, -0.2) is 25.3 Å². The van der Waals surface area contributed by atoms with Crippen molar-refractivity contribution in [3.8, 4) is 0 Å². The van der Waals surface area contributed by atoms with E-state index in [0.29, 0.717) is 5.56 Å². The highest BCUT2D eigenvalue weighted by Gasteiger charge is 2.23. The molecule has 2 N–H and O–H groups in total. The number of hydrogen-bond donors (Lipinski definition) is 2. The summed E-state index contributed by atoms with van der Waals surface area (Å²) in [7, 11) is -4.04. The monoisotopic (exact) mass is 487 g/mol. The van der Waals surface area contributed by atoms with Gasteiger partial charge in [0.25, 0.3) is 10.0 Å². The number of carbonyl (C=O) groups excluding carboxylic acids is 1. The van der Waals surface area contributed by atoms with Gasteiger partial charge in [-0.1, -0.05) is 45.8 Å². The number of carboxylic acid groups (broad SMARTS) is 1. The number of nitrogens with one attached hydrogen (secondary N) is 1. The molecule has 0 saturated heterocycles. The number of anilines is 1. The van der Waals surface area contributed by atoms with Crippen molar-refractivity contribution in [2.45, 2.75) is 18.2 Å². The van der Waals surface area contributed by atoms with Crippen molar-refractivity contribution in [1.82, 2.24) is 0 Å². The fraction of sp³-hybridized carbons (Fsp3) is 0.0909. The second kappa shape index (κ2) is 8.81. The van der Waals surface area contributed by atoms with E-state index >= 15 is 0 Å². The van der Waals surface area contributed by atoms with E-state index < -0.39 is 28.2 Å². The van der Waals surface area contributed by atoms with Crippen LogP contribution < -0.4 is 4.72 Å². The third-order valence-electron chi connectivity index (χ3n) is 4.41. The summed E-state index contributed by atoms with van der Waals surface area (Å²) in [6.07, 6.45) is -0.437. The van der Waals surface area contributed by atoms with E-state index in [1.54, 1.807) is 36.4 Å². The van der Waals surface area contributed by atoms with Crippen LogP contribution in [0.4, 0.5) is 5.69 Å². The van der Waals surface area contributed by atoms with Gasteiger partial charge in [0.05, 0.1) is 17.0 Å².